The first-order chi connectivity index (χ1) is 14.7. The van der Waals surface area contributed by atoms with E-state index in [2.05, 4.69) is 50.7 Å². The summed E-state index contributed by atoms with van der Waals surface area (Å²) in [5.41, 5.74) is 9.27. The normalized spacial score (nSPS) is 13.5. The van der Waals surface area contributed by atoms with E-state index in [9.17, 15) is 0 Å². The Labute approximate surface area is 184 Å². The molecule has 0 radical (unpaired) electrons. The van der Waals surface area contributed by atoms with Crippen LogP contribution in [0.5, 0.6) is 0 Å². The minimum atomic E-state index is 0.776. The highest BCUT2D eigenvalue weighted by Crippen LogP contribution is 2.32. The van der Waals surface area contributed by atoms with Crippen molar-refractivity contribution >= 4 is 16.7 Å². The van der Waals surface area contributed by atoms with Crippen LogP contribution in [0.1, 0.15) is 35.5 Å². The van der Waals surface area contributed by atoms with E-state index in [1.807, 2.05) is 38.9 Å². The molecule has 164 valence electrons. The van der Waals surface area contributed by atoms with Crippen molar-refractivity contribution < 1.29 is 0 Å². The molecule has 0 atom stereocenters. The number of anilines is 1. The monoisotopic (exact) mass is 419 g/mol. The first-order valence-electron chi connectivity index (χ1n) is 10.9. The van der Waals surface area contributed by atoms with E-state index in [4.69, 9.17) is 5.10 Å². The second kappa shape index (κ2) is 8.21. The first kappa shape index (κ1) is 21.2. The molecule has 3 aromatic rings. The van der Waals surface area contributed by atoms with Crippen LogP contribution in [-0.4, -0.2) is 50.1 Å². The quantitative estimate of drug-likeness (QED) is 0.546. The Kier molecular flexibility index (Phi) is 5.60. The predicted octanol–water partition coefficient (Wildman–Crippen LogP) is 3.76. The van der Waals surface area contributed by atoms with Gasteiger partial charge in [-0.05, 0) is 32.8 Å². The van der Waals surface area contributed by atoms with Gasteiger partial charge in [0, 0.05) is 63.3 Å². The van der Waals surface area contributed by atoms with Crippen molar-refractivity contribution in [3.05, 3.63) is 59.3 Å². The van der Waals surface area contributed by atoms with E-state index in [0.717, 1.165) is 67.0 Å². The molecular weight excluding hydrogens is 386 g/mol. The van der Waals surface area contributed by atoms with Gasteiger partial charge in [-0.1, -0.05) is 18.7 Å². The van der Waals surface area contributed by atoms with Gasteiger partial charge in [-0.15, -0.1) is 0 Å². The maximum absolute atomic E-state index is 4.87. The molecule has 4 heterocycles. The second-order valence-corrected chi connectivity index (χ2v) is 8.84. The zero-order valence-corrected chi connectivity index (χ0v) is 19.4. The Morgan fingerprint density at radius 1 is 1.19 bits per heavy atom. The molecule has 4 rings (SSSR count). The molecule has 0 fully saturated rings. The van der Waals surface area contributed by atoms with E-state index >= 15 is 0 Å². The molecule has 0 saturated carbocycles. The number of allylic oxidation sites excluding steroid dienone is 2. The van der Waals surface area contributed by atoms with Crippen LogP contribution in [0, 0.1) is 13.8 Å². The van der Waals surface area contributed by atoms with Crippen LogP contribution < -0.4 is 4.90 Å². The summed E-state index contributed by atoms with van der Waals surface area (Å²) in [6, 6.07) is 2.17. The van der Waals surface area contributed by atoms with Gasteiger partial charge in [0.15, 0.2) is 5.65 Å². The van der Waals surface area contributed by atoms with Crippen LogP contribution >= 0.6 is 0 Å². The third-order valence-electron chi connectivity index (χ3n) is 6.26. The fraction of sp³-hybridized carbons (Fsp3) is 0.458. The molecule has 0 unspecified atom stereocenters. The van der Waals surface area contributed by atoms with Crippen LogP contribution in [0.3, 0.4) is 0 Å². The third-order valence-corrected chi connectivity index (χ3v) is 6.26. The number of hydrogen-bond donors (Lipinski definition) is 0. The maximum atomic E-state index is 4.87. The van der Waals surface area contributed by atoms with Gasteiger partial charge in [0.1, 0.15) is 0 Å². The number of aryl methyl sites for hydroxylation is 3. The number of rotatable bonds is 7. The zero-order chi connectivity index (χ0) is 22.3. The van der Waals surface area contributed by atoms with E-state index in [-0.39, 0.29) is 0 Å². The maximum Gasteiger partial charge on any atom is 0.159 e. The molecule has 0 saturated heterocycles. The second-order valence-electron chi connectivity index (χ2n) is 8.84. The van der Waals surface area contributed by atoms with Gasteiger partial charge in [0.05, 0.1) is 29.5 Å². The molecule has 1 aliphatic rings. The largest absolute Gasteiger partial charge is 0.381 e. The van der Waals surface area contributed by atoms with Crippen molar-refractivity contribution in [3.8, 4) is 0 Å². The summed E-state index contributed by atoms with van der Waals surface area (Å²) >= 11 is 0. The van der Waals surface area contributed by atoms with E-state index in [1.165, 1.54) is 22.5 Å². The van der Waals surface area contributed by atoms with Crippen LogP contribution in [0.2, 0.25) is 0 Å². The number of aromatic nitrogens is 5. The summed E-state index contributed by atoms with van der Waals surface area (Å²) in [7, 11) is 6.02. The number of nitrogens with zero attached hydrogens (tertiary/aromatic N) is 7. The van der Waals surface area contributed by atoms with Crippen molar-refractivity contribution in [1.82, 2.24) is 29.4 Å². The highest BCUT2D eigenvalue weighted by Gasteiger charge is 2.25. The van der Waals surface area contributed by atoms with Crippen LogP contribution in [0.4, 0.5) is 5.69 Å². The van der Waals surface area contributed by atoms with Gasteiger partial charge in [0.25, 0.3) is 0 Å². The van der Waals surface area contributed by atoms with Crippen molar-refractivity contribution in [1.29, 1.82) is 0 Å². The van der Waals surface area contributed by atoms with E-state index < -0.39 is 0 Å². The van der Waals surface area contributed by atoms with Crippen molar-refractivity contribution in [2.75, 3.05) is 25.5 Å². The van der Waals surface area contributed by atoms with Gasteiger partial charge in [-0.3, -0.25) is 9.36 Å². The summed E-state index contributed by atoms with van der Waals surface area (Å²) in [6.45, 7) is 15.2. The zero-order valence-electron chi connectivity index (χ0n) is 19.4. The molecule has 1 aliphatic heterocycles. The lowest BCUT2D eigenvalue weighted by Gasteiger charge is -2.30. The molecule has 0 N–H and O–H groups in total. The molecule has 0 aromatic carbocycles. The summed E-state index contributed by atoms with van der Waals surface area (Å²) in [5.74, 6) is 0. The third kappa shape index (κ3) is 4.09. The van der Waals surface area contributed by atoms with Gasteiger partial charge in [-0.25, -0.2) is 4.98 Å². The highest BCUT2D eigenvalue weighted by atomic mass is 15.3. The van der Waals surface area contributed by atoms with Crippen molar-refractivity contribution in [2.45, 2.75) is 46.2 Å². The summed E-state index contributed by atoms with van der Waals surface area (Å²) in [4.78, 5) is 9.18. The van der Waals surface area contributed by atoms with Gasteiger partial charge < -0.3 is 9.80 Å². The standard InChI is InChI=1S/C24H33N7/c1-16(8-9-18(3)28(5)6)14-31-22-10-11-30(15-21(22)19(4)27-31)23-12-17(2)26-24-20(23)13-25-29(24)7/h12-13H,1,3,8-11,14-15H2,2,4-7H3. The molecular formula is C24H33N7. The van der Waals surface area contributed by atoms with Crippen LogP contribution in [0.25, 0.3) is 11.0 Å². The minimum Gasteiger partial charge on any atom is -0.381 e. The SMILES string of the molecule is C=C(CCC(=C)N(C)C)Cn1nc(C)c2c1CCN(c1cc(C)nc3c1cnn3C)C2. The van der Waals surface area contributed by atoms with Crippen LogP contribution in [-0.2, 0) is 26.6 Å². The van der Waals surface area contributed by atoms with Gasteiger partial charge in [-0.2, -0.15) is 10.2 Å². The topological polar surface area (TPSA) is 55.0 Å². The molecule has 0 amide bonds. The van der Waals surface area contributed by atoms with Crippen molar-refractivity contribution in [3.63, 3.8) is 0 Å². The average molecular weight is 420 g/mol. The molecule has 7 nitrogen and oxygen atoms in total. The van der Waals surface area contributed by atoms with Crippen molar-refractivity contribution in [2.24, 2.45) is 7.05 Å². The molecule has 0 spiro atoms. The lowest BCUT2D eigenvalue weighted by Crippen LogP contribution is -2.31. The summed E-state index contributed by atoms with van der Waals surface area (Å²) in [6.07, 6.45) is 4.77. The lowest BCUT2D eigenvalue weighted by atomic mass is 10.0. The number of pyridine rings is 1. The molecule has 0 bridgehead atoms. The Balaban J connectivity index is 1.53. The van der Waals surface area contributed by atoms with E-state index in [1.54, 1.807) is 0 Å². The number of hydrogen-bond acceptors (Lipinski definition) is 5. The predicted molar refractivity (Wildman–Crippen MR) is 126 cm³/mol. The lowest BCUT2D eigenvalue weighted by molar-refractivity contribution is 0.485. The Hall–Kier alpha value is -3.09. The van der Waals surface area contributed by atoms with Gasteiger partial charge >= 0.3 is 0 Å². The molecule has 0 aliphatic carbocycles. The Morgan fingerprint density at radius 2 is 1.97 bits per heavy atom. The summed E-state index contributed by atoms with van der Waals surface area (Å²) in [5, 5.41) is 10.4. The van der Waals surface area contributed by atoms with Gasteiger partial charge in [0.2, 0.25) is 0 Å². The first-order valence-corrected chi connectivity index (χ1v) is 10.9. The fourth-order valence-electron chi connectivity index (χ4n) is 4.32. The fourth-order valence-corrected chi connectivity index (χ4v) is 4.32. The smallest absolute Gasteiger partial charge is 0.159 e. The average Bonchev–Trinajstić information content (AvgIpc) is 3.25. The summed E-state index contributed by atoms with van der Waals surface area (Å²) < 4.78 is 4.02. The van der Waals surface area contributed by atoms with E-state index in [0.29, 0.717) is 0 Å². The minimum absolute atomic E-state index is 0.776. The Bertz CT molecular complexity index is 1150. The Morgan fingerprint density at radius 3 is 2.71 bits per heavy atom. The molecule has 3 aromatic heterocycles. The molecule has 7 heteroatoms. The number of fused-ring (bicyclic) bond motifs is 2. The highest BCUT2D eigenvalue weighted by molar-refractivity contribution is 5.89. The van der Waals surface area contributed by atoms with Crippen LogP contribution in [0.15, 0.2) is 36.7 Å². The molecule has 31 heavy (non-hydrogen) atoms.